The molecule has 0 aromatic carbocycles. The Labute approximate surface area is 93.3 Å². The molecule has 2 rings (SSSR count). The van der Waals surface area contributed by atoms with Crippen LogP contribution in [0.2, 0.25) is 0 Å². The van der Waals surface area contributed by atoms with Crippen LogP contribution in [0.4, 0.5) is 0 Å². The van der Waals surface area contributed by atoms with Gasteiger partial charge in [-0.15, -0.1) is 0 Å². The summed E-state index contributed by atoms with van der Waals surface area (Å²) in [6.45, 7) is 6.27. The Morgan fingerprint density at radius 3 is 2.13 bits per heavy atom. The molecule has 2 aliphatic rings. The second-order valence-electron chi connectivity index (χ2n) is 5.33. The molecule has 1 saturated heterocycles. The van der Waals surface area contributed by atoms with Gasteiger partial charge >= 0.3 is 0 Å². The lowest BCUT2D eigenvalue weighted by atomic mass is 9.80. The SMILES string of the molecule is CCC1CCC(C2OCC(C)CO2)CC1. The minimum absolute atomic E-state index is 0.110. The van der Waals surface area contributed by atoms with Crippen molar-refractivity contribution in [1.82, 2.24) is 0 Å². The number of rotatable bonds is 2. The second-order valence-corrected chi connectivity index (χ2v) is 5.33. The molecule has 1 aliphatic heterocycles. The predicted molar refractivity (Wildman–Crippen MR) is 60.6 cm³/mol. The first-order valence-corrected chi connectivity index (χ1v) is 6.52. The van der Waals surface area contributed by atoms with E-state index in [-0.39, 0.29) is 6.29 Å². The predicted octanol–water partition coefficient (Wildman–Crippen LogP) is 3.21. The molecule has 2 heteroatoms. The molecule has 0 spiro atoms. The highest BCUT2D eigenvalue weighted by molar-refractivity contribution is 4.75. The molecular formula is C13H24O2. The van der Waals surface area contributed by atoms with Crippen molar-refractivity contribution >= 4 is 0 Å². The normalized spacial score (nSPS) is 42.8. The molecule has 2 fully saturated rings. The van der Waals surface area contributed by atoms with E-state index < -0.39 is 0 Å². The Balaban J connectivity index is 1.75. The van der Waals surface area contributed by atoms with Crippen LogP contribution in [-0.4, -0.2) is 19.5 Å². The molecule has 0 atom stereocenters. The van der Waals surface area contributed by atoms with Crippen LogP contribution in [-0.2, 0) is 9.47 Å². The van der Waals surface area contributed by atoms with Gasteiger partial charge in [0.2, 0.25) is 0 Å². The molecule has 15 heavy (non-hydrogen) atoms. The third-order valence-corrected chi connectivity index (χ3v) is 3.94. The fourth-order valence-corrected chi connectivity index (χ4v) is 2.76. The van der Waals surface area contributed by atoms with E-state index in [4.69, 9.17) is 9.47 Å². The summed E-state index contributed by atoms with van der Waals surface area (Å²) in [5.41, 5.74) is 0. The smallest absolute Gasteiger partial charge is 0.160 e. The fourth-order valence-electron chi connectivity index (χ4n) is 2.76. The summed E-state index contributed by atoms with van der Waals surface area (Å²) in [6, 6.07) is 0. The average molecular weight is 212 g/mol. The van der Waals surface area contributed by atoms with Gasteiger partial charge in [-0.05, 0) is 18.8 Å². The van der Waals surface area contributed by atoms with Gasteiger partial charge < -0.3 is 9.47 Å². The molecule has 0 N–H and O–H groups in total. The maximum Gasteiger partial charge on any atom is 0.160 e. The van der Waals surface area contributed by atoms with Crippen molar-refractivity contribution in [2.24, 2.45) is 17.8 Å². The highest BCUT2D eigenvalue weighted by Crippen LogP contribution is 2.34. The monoisotopic (exact) mass is 212 g/mol. The molecular weight excluding hydrogens is 188 g/mol. The highest BCUT2D eigenvalue weighted by atomic mass is 16.7. The number of hydrogen-bond acceptors (Lipinski definition) is 2. The quantitative estimate of drug-likeness (QED) is 0.699. The Morgan fingerprint density at radius 2 is 1.60 bits per heavy atom. The summed E-state index contributed by atoms with van der Waals surface area (Å²) >= 11 is 0. The third-order valence-electron chi connectivity index (χ3n) is 3.94. The minimum atomic E-state index is 0.110. The topological polar surface area (TPSA) is 18.5 Å². The van der Waals surface area contributed by atoms with E-state index in [1.807, 2.05) is 0 Å². The van der Waals surface area contributed by atoms with Crippen LogP contribution >= 0.6 is 0 Å². The van der Waals surface area contributed by atoms with Crippen molar-refractivity contribution in [1.29, 1.82) is 0 Å². The van der Waals surface area contributed by atoms with Crippen LogP contribution in [0.5, 0.6) is 0 Å². The van der Waals surface area contributed by atoms with Crippen LogP contribution in [0.25, 0.3) is 0 Å². The first-order chi connectivity index (χ1) is 7.29. The molecule has 0 aromatic heterocycles. The average Bonchev–Trinajstić information content (AvgIpc) is 2.30. The van der Waals surface area contributed by atoms with Crippen LogP contribution in [0.3, 0.4) is 0 Å². The number of ether oxygens (including phenoxy) is 2. The van der Waals surface area contributed by atoms with E-state index in [0.29, 0.717) is 11.8 Å². The van der Waals surface area contributed by atoms with Crippen LogP contribution < -0.4 is 0 Å². The summed E-state index contributed by atoms with van der Waals surface area (Å²) in [5, 5.41) is 0. The standard InChI is InChI=1S/C13H24O2/c1-3-11-4-6-12(7-5-11)13-14-8-10(2)9-15-13/h10-13H,3-9H2,1-2H3. The third kappa shape index (κ3) is 2.94. The van der Waals surface area contributed by atoms with E-state index in [0.717, 1.165) is 19.1 Å². The number of hydrogen-bond donors (Lipinski definition) is 0. The highest BCUT2D eigenvalue weighted by Gasteiger charge is 2.30. The zero-order chi connectivity index (χ0) is 10.7. The Morgan fingerprint density at radius 1 is 1.00 bits per heavy atom. The van der Waals surface area contributed by atoms with Crippen molar-refractivity contribution in [3.05, 3.63) is 0 Å². The van der Waals surface area contributed by atoms with Gasteiger partial charge in [-0.1, -0.05) is 33.1 Å². The van der Waals surface area contributed by atoms with Crippen molar-refractivity contribution in [3.63, 3.8) is 0 Å². The van der Waals surface area contributed by atoms with Gasteiger partial charge in [0.05, 0.1) is 13.2 Å². The van der Waals surface area contributed by atoms with E-state index in [2.05, 4.69) is 13.8 Å². The van der Waals surface area contributed by atoms with Gasteiger partial charge in [0.1, 0.15) is 0 Å². The largest absolute Gasteiger partial charge is 0.352 e. The van der Waals surface area contributed by atoms with Gasteiger partial charge in [-0.2, -0.15) is 0 Å². The molecule has 2 nitrogen and oxygen atoms in total. The van der Waals surface area contributed by atoms with Gasteiger partial charge in [0, 0.05) is 11.8 Å². The van der Waals surface area contributed by atoms with Crippen molar-refractivity contribution in [2.75, 3.05) is 13.2 Å². The van der Waals surface area contributed by atoms with E-state index in [9.17, 15) is 0 Å². The summed E-state index contributed by atoms with van der Waals surface area (Å²) in [6.07, 6.45) is 6.81. The Bertz CT molecular complexity index is 177. The molecule has 0 radical (unpaired) electrons. The molecule has 0 bridgehead atoms. The van der Waals surface area contributed by atoms with Crippen LogP contribution in [0.1, 0.15) is 46.0 Å². The van der Waals surface area contributed by atoms with Crippen molar-refractivity contribution in [3.8, 4) is 0 Å². The molecule has 1 saturated carbocycles. The lowest BCUT2D eigenvalue weighted by Crippen LogP contribution is -2.37. The fraction of sp³-hybridized carbons (Fsp3) is 1.00. The molecule has 88 valence electrons. The maximum atomic E-state index is 5.78. The van der Waals surface area contributed by atoms with Gasteiger partial charge in [-0.3, -0.25) is 0 Å². The van der Waals surface area contributed by atoms with Crippen molar-refractivity contribution in [2.45, 2.75) is 52.2 Å². The van der Waals surface area contributed by atoms with E-state index in [1.165, 1.54) is 32.1 Å². The molecule has 0 amide bonds. The zero-order valence-corrected chi connectivity index (χ0v) is 10.1. The molecule has 1 aliphatic carbocycles. The van der Waals surface area contributed by atoms with Crippen LogP contribution in [0.15, 0.2) is 0 Å². The lowest BCUT2D eigenvalue weighted by Gasteiger charge is -2.36. The second kappa shape index (κ2) is 5.31. The summed E-state index contributed by atoms with van der Waals surface area (Å²) in [7, 11) is 0. The molecule has 1 heterocycles. The summed E-state index contributed by atoms with van der Waals surface area (Å²) in [5.74, 6) is 2.21. The Kier molecular flexibility index (Phi) is 4.04. The van der Waals surface area contributed by atoms with E-state index >= 15 is 0 Å². The zero-order valence-electron chi connectivity index (χ0n) is 10.1. The Hall–Kier alpha value is -0.0800. The van der Waals surface area contributed by atoms with E-state index in [1.54, 1.807) is 0 Å². The van der Waals surface area contributed by atoms with Crippen molar-refractivity contribution < 1.29 is 9.47 Å². The maximum absolute atomic E-state index is 5.78. The van der Waals surface area contributed by atoms with Gasteiger partial charge in [-0.25, -0.2) is 0 Å². The molecule has 0 aromatic rings. The van der Waals surface area contributed by atoms with Gasteiger partial charge in [0.15, 0.2) is 6.29 Å². The minimum Gasteiger partial charge on any atom is -0.352 e. The molecule has 0 unspecified atom stereocenters. The van der Waals surface area contributed by atoms with Gasteiger partial charge in [0.25, 0.3) is 0 Å². The summed E-state index contributed by atoms with van der Waals surface area (Å²) in [4.78, 5) is 0. The first-order valence-electron chi connectivity index (χ1n) is 6.52. The summed E-state index contributed by atoms with van der Waals surface area (Å²) < 4.78 is 11.6. The van der Waals surface area contributed by atoms with Crippen LogP contribution in [0, 0.1) is 17.8 Å². The lowest BCUT2D eigenvalue weighted by molar-refractivity contribution is -0.226. The first kappa shape index (κ1) is 11.4.